The molecule has 118 valence electrons. The smallest absolute Gasteiger partial charge is 0.205 e. The van der Waals surface area contributed by atoms with Crippen LogP contribution in [0.15, 0.2) is 30.3 Å². The number of nitrogens with zero attached hydrogens (tertiary/aromatic N) is 3. The average Bonchev–Trinajstić information content (AvgIpc) is 3.00. The number of benzene rings is 1. The first kappa shape index (κ1) is 15.2. The molecule has 1 N–H and O–H groups in total. The molecule has 1 fully saturated rings. The number of ether oxygens (including phenoxy) is 1. The van der Waals surface area contributed by atoms with Crippen molar-refractivity contribution in [3.8, 4) is 5.75 Å². The summed E-state index contributed by atoms with van der Waals surface area (Å²) < 4.78 is 9.96. The lowest BCUT2D eigenvalue weighted by Gasteiger charge is -2.32. The van der Waals surface area contributed by atoms with Gasteiger partial charge >= 0.3 is 0 Å². The number of aromatic nitrogens is 2. The zero-order valence-corrected chi connectivity index (χ0v) is 13.7. The van der Waals surface area contributed by atoms with Gasteiger partial charge in [-0.1, -0.05) is 18.2 Å². The molecular weight excluding hydrogens is 296 g/mol. The number of hydrogen-bond acceptors (Lipinski definition) is 6. The molecule has 2 heterocycles. The monoisotopic (exact) mass is 318 g/mol. The van der Waals surface area contributed by atoms with Crippen LogP contribution in [-0.4, -0.2) is 41.6 Å². The summed E-state index contributed by atoms with van der Waals surface area (Å²) in [5.74, 6) is 1.81. The summed E-state index contributed by atoms with van der Waals surface area (Å²) >= 11 is 1.50. The Morgan fingerprint density at radius 3 is 2.73 bits per heavy atom. The van der Waals surface area contributed by atoms with Crippen LogP contribution in [0.3, 0.4) is 0 Å². The summed E-state index contributed by atoms with van der Waals surface area (Å²) in [6, 6.07) is 10.5. The Morgan fingerprint density at radius 2 is 2.05 bits per heavy atom. The molecule has 22 heavy (non-hydrogen) atoms. The van der Waals surface area contributed by atoms with Gasteiger partial charge in [0, 0.05) is 37.2 Å². The normalized spacial score (nSPS) is 16.0. The molecular formula is C16H22N4OS. The van der Waals surface area contributed by atoms with Crippen molar-refractivity contribution in [2.75, 3.05) is 31.1 Å². The first-order chi connectivity index (χ1) is 10.8. The van der Waals surface area contributed by atoms with Gasteiger partial charge < -0.3 is 15.0 Å². The van der Waals surface area contributed by atoms with Gasteiger partial charge in [-0.2, -0.15) is 4.37 Å². The standard InChI is InChI=1S/C16H22N4OS/c1-13-18-16(22-19-13)20-10-7-14(8-11-20)17-9-12-21-15-5-3-2-4-6-15/h2-6,14,17H,7-12H2,1H3. The zero-order chi connectivity index (χ0) is 15.2. The lowest BCUT2D eigenvalue weighted by atomic mass is 10.1. The largest absolute Gasteiger partial charge is 0.492 e. The molecule has 1 aromatic carbocycles. The van der Waals surface area contributed by atoms with E-state index in [1.807, 2.05) is 37.3 Å². The number of nitrogens with one attached hydrogen (secondary N) is 1. The van der Waals surface area contributed by atoms with Crippen LogP contribution in [0, 0.1) is 6.92 Å². The maximum absolute atomic E-state index is 5.70. The highest BCUT2D eigenvalue weighted by Crippen LogP contribution is 2.21. The third-order valence-electron chi connectivity index (χ3n) is 3.83. The summed E-state index contributed by atoms with van der Waals surface area (Å²) in [6.45, 7) is 5.63. The van der Waals surface area contributed by atoms with Crippen LogP contribution < -0.4 is 15.0 Å². The van der Waals surface area contributed by atoms with E-state index in [0.717, 1.165) is 49.2 Å². The molecule has 1 aliphatic heterocycles. The van der Waals surface area contributed by atoms with E-state index in [1.54, 1.807) is 0 Å². The Kier molecular flexibility index (Phi) is 5.24. The molecule has 0 spiro atoms. The van der Waals surface area contributed by atoms with Gasteiger partial charge in [-0.15, -0.1) is 0 Å². The quantitative estimate of drug-likeness (QED) is 0.829. The van der Waals surface area contributed by atoms with Crippen LogP contribution in [-0.2, 0) is 0 Å². The first-order valence-electron chi connectivity index (χ1n) is 7.78. The number of para-hydroxylation sites is 1. The Bertz CT molecular complexity index is 567. The highest BCUT2D eigenvalue weighted by Gasteiger charge is 2.20. The third kappa shape index (κ3) is 4.18. The second kappa shape index (κ2) is 7.56. The zero-order valence-electron chi connectivity index (χ0n) is 12.9. The van der Waals surface area contributed by atoms with Gasteiger partial charge in [0.05, 0.1) is 0 Å². The fourth-order valence-electron chi connectivity index (χ4n) is 2.64. The molecule has 1 saturated heterocycles. The Balaban J connectivity index is 1.34. The fraction of sp³-hybridized carbons (Fsp3) is 0.500. The molecule has 0 aliphatic carbocycles. The molecule has 0 bridgehead atoms. The number of hydrogen-bond donors (Lipinski definition) is 1. The molecule has 0 atom stereocenters. The van der Waals surface area contributed by atoms with E-state index in [1.165, 1.54) is 11.5 Å². The van der Waals surface area contributed by atoms with E-state index in [9.17, 15) is 0 Å². The third-order valence-corrected chi connectivity index (χ3v) is 4.70. The van der Waals surface area contributed by atoms with Gasteiger partial charge in [-0.3, -0.25) is 0 Å². The number of aryl methyl sites for hydroxylation is 1. The molecule has 1 aliphatic rings. The highest BCUT2D eigenvalue weighted by atomic mass is 32.1. The average molecular weight is 318 g/mol. The molecule has 0 amide bonds. The predicted octanol–water partition coefficient (Wildman–Crippen LogP) is 2.48. The molecule has 2 aromatic rings. The molecule has 0 unspecified atom stereocenters. The van der Waals surface area contributed by atoms with Crippen LogP contribution >= 0.6 is 11.5 Å². The van der Waals surface area contributed by atoms with Crippen molar-refractivity contribution < 1.29 is 4.74 Å². The van der Waals surface area contributed by atoms with Crippen LogP contribution in [0.4, 0.5) is 5.13 Å². The second-order valence-corrected chi connectivity index (χ2v) is 6.23. The minimum absolute atomic E-state index is 0.574. The summed E-state index contributed by atoms with van der Waals surface area (Å²) in [7, 11) is 0. The lowest BCUT2D eigenvalue weighted by Crippen LogP contribution is -2.43. The van der Waals surface area contributed by atoms with Gasteiger partial charge in [0.2, 0.25) is 5.13 Å². The van der Waals surface area contributed by atoms with Gasteiger partial charge in [0.1, 0.15) is 18.2 Å². The molecule has 6 heteroatoms. The Hall–Kier alpha value is -1.66. The van der Waals surface area contributed by atoms with Crippen LogP contribution in [0.25, 0.3) is 0 Å². The van der Waals surface area contributed by atoms with Crippen molar-refractivity contribution in [3.63, 3.8) is 0 Å². The van der Waals surface area contributed by atoms with Gasteiger partial charge in [-0.05, 0) is 31.9 Å². The topological polar surface area (TPSA) is 50.3 Å². The SMILES string of the molecule is Cc1nsc(N2CCC(NCCOc3ccccc3)CC2)n1. The summed E-state index contributed by atoms with van der Waals surface area (Å²) in [4.78, 5) is 6.80. The van der Waals surface area contributed by atoms with Crippen molar-refractivity contribution in [3.05, 3.63) is 36.2 Å². The Labute approximate surface area is 135 Å². The maximum atomic E-state index is 5.70. The highest BCUT2D eigenvalue weighted by molar-refractivity contribution is 7.09. The van der Waals surface area contributed by atoms with Crippen LogP contribution in [0.2, 0.25) is 0 Å². The van der Waals surface area contributed by atoms with E-state index < -0.39 is 0 Å². The van der Waals surface area contributed by atoms with Crippen molar-refractivity contribution in [1.29, 1.82) is 0 Å². The predicted molar refractivity (Wildman–Crippen MR) is 89.8 cm³/mol. The molecule has 0 radical (unpaired) electrons. The number of rotatable bonds is 6. The molecule has 3 rings (SSSR count). The second-order valence-electron chi connectivity index (χ2n) is 5.50. The number of anilines is 1. The lowest BCUT2D eigenvalue weighted by molar-refractivity contribution is 0.296. The van der Waals surface area contributed by atoms with Gasteiger partial charge in [0.15, 0.2) is 0 Å². The molecule has 5 nitrogen and oxygen atoms in total. The van der Waals surface area contributed by atoms with Crippen LogP contribution in [0.1, 0.15) is 18.7 Å². The van der Waals surface area contributed by atoms with Crippen molar-refractivity contribution in [2.24, 2.45) is 0 Å². The summed E-state index contributed by atoms with van der Waals surface area (Å²) in [5.41, 5.74) is 0. The molecule has 0 saturated carbocycles. The van der Waals surface area contributed by atoms with Crippen molar-refractivity contribution >= 4 is 16.7 Å². The summed E-state index contributed by atoms with van der Waals surface area (Å²) in [5, 5.41) is 4.64. The van der Waals surface area contributed by atoms with E-state index in [-0.39, 0.29) is 0 Å². The van der Waals surface area contributed by atoms with E-state index >= 15 is 0 Å². The summed E-state index contributed by atoms with van der Waals surface area (Å²) in [6.07, 6.45) is 2.29. The van der Waals surface area contributed by atoms with E-state index in [2.05, 4.69) is 19.6 Å². The number of piperidine rings is 1. The van der Waals surface area contributed by atoms with Gasteiger partial charge in [-0.25, -0.2) is 4.98 Å². The molecule has 1 aromatic heterocycles. The fourth-order valence-corrected chi connectivity index (χ4v) is 3.36. The first-order valence-corrected chi connectivity index (χ1v) is 8.55. The van der Waals surface area contributed by atoms with E-state index in [0.29, 0.717) is 12.6 Å². The minimum Gasteiger partial charge on any atom is -0.492 e. The maximum Gasteiger partial charge on any atom is 0.205 e. The van der Waals surface area contributed by atoms with E-state index in [4.69, 9.17) is 4.74 Å². The Morgan fingerprint density at radius 1 is 1.27 bits per heavy atom. The minimum atomic E-state index is 0.574. The van der Waals surface area contributed by atoms with Crippen molar-refractivity contribution in [1.82, 2.24) is 14.7 Å². The van der Waals surface area contributed by atoms with Gasteiger partial charge in [0.25, 0.3) is 0 Å². The van der Waals surface area contributed by atoms with Crippen LogP contribution in [0.5, 0.6) is 5.75 Å². The van der Waals surface area contributed by atoms with Crippen molar-refractivity contribution in [2.45, 2.75) is 25.8 Å².